The highest BCUT2D eigenvalue weighted by molar-refractivity contribution is 9.10. The molecule has 1 N–H and O–H groups in total. The molecule has 0 saturated carbocycles. The number of hydrogen-bond acceptors (Lipinski definition) is 4. The number of nitrogens with zero attached hydrogens (tertiary/aromatic N) is 2. The molecule has 0 saturated heterocycles. The molecular weight excluding hydrogens is 282 g/mol. The molecule has 0 radical (unpaired) electrons. The average Bonchev–Trinajstić information content (AvgIpc) is 2.78. The van der Waals surface area contributed by atoms with Crippen molar-refractivity contribution in [3.63, 3.8) is 0 Å². The van der Waals surface area contributed by atoms with E-state index in [4.69, 9.17) is 4.52 Å². The second-order valence-corrected chi connectivity index (χ2v) is 4.53. The van der Waals surface area contributed by atoms with E-state index in [-0.39, 0.29) is 0 Å². The van der Waals surface area contributed by atoms with E-state index in [9.17, 15) is 0 Å². The zero-order chi connectivity index (χ0) is 12.3. The van der Waals surface area contributed by atoms with Gasteiger partial charge in [0.25, 0.3) is 5.89 Å². The summed E-state index contributed by atoms with van der Waals surface area (Å²) in [5, 5.41) is 7.09. The summed E-state index contributed by atoms with van der Waals surface area (Å²) >= 11 is 3.54. The summed E-state index contributed by atoms with van der Waals surface area (Å²) in [4.78, 5) is 4.35. The summed E-state index contributed by atoms with van der Waals surface area (Å²) in [6.07, 6.45) is 0. The molecule has 1 heterocycles. The van der Waals surface area contributed by atoms with Crippen LogP contribution in [-0.4, -0.2) is 16.7 Å². The van der Waals surface area contributed by atoms with Crippen LogP contribution in [0.5, 0.6) is 0 Å². The van der Waals surface area contributed by atoms with Gasteiger partial charge in [-0.2, -0.15) is 4.98 Å². The zero-order valence-electron chi connectivity index (χ0n) is 9.83. The number of nitrogens with one attached hydrogen (secondary N) is 1. The lowest BCUT2D eigenvalue weighted by atomic mass is 10.1. The van der Waals surface area contributed by atoms with E-state index >= 15 is 0 Å². The monoisotopic (exact) mass is 295 g/mol. The molecule has 0 atom stereocenters. The summed E-state index contributed by atoms with van der Waals surface area (Å²) in [5.74, 6) is 1.23. The minimum atomic E-state index is 0.550. The lowest BCUT2D eigenvalue weighted by Crippen LogP contribution is -2.12. The smallest absolute Gasteiger partial charge is 0.259 e. The summed E-state index contributed by atoms with van der Waals surface area (Å²) in [7, 11) is 0. The van der Waals surface area contributed by atoms with Crippen LogP contribution in [0.25, 0.3) is 11.5 Å². The molecule has 90 valence electrons. The maximum Gasteiger partial charge on any atom is 0.259 e. The molecule has 5 heteroatoms. The van der Waals surface area contributed by atoms with Crippen LogP contribution < -0.4 is 5.32 Å². The predicted octanol–water partition coefficient (Wildman–Crippen LogP) is 2.92. The Hall–Kier alpha value is -1.20. The molecule has 4 nitrogen and oxygen atoms in total. The predicted molar refractivity (Wildman–Crippen MR) is 69.6 cm³/mol. The summed E-state index contributed by atoms with van der Waals surface area (Å²) in [5.41, 5.74) is 2.08. The molecule has 2 rings (SSSR count). The maximum atomic E-state index is 5.25. The molecule has 1 aromatic heterocycles. The Bertz CT molecular complexity index is 510. The van der Waals surface area contributed by atoms with E-state index in [1.807, 2.05) is 32.0 Å². The fourth-order valence-corrected chi connectivity index (χ4v) is 1.92. The fraction of sp³-hybridized carbons (Fsp3) is 0.333. The van der Waals surface area contributed by atoms with Gasteiger partial charge in [0.2, 0.25) is 0 Å². The molecule has 1 aromatic carbocycles. The standard InChI is InChI=1S/C12H14BrN3O/c1-3-14-7-10-15-12(17-16-10)9-6-4-5-8(2)11(9)13/h4-6,14H,3,7H2,1-2H3. The lowest BCUT2D eigenvalue weighted by Gasteiger charge is -2.01. The Morgan fingerprint density at radius 3 is 3.00 bits per heavy atom. The summed E-state index contributed by atoms with van der Waals surface area (Å²) in [6, 6.07) is 5.97. The van der Waals surface area contributed by atoms with Crippen LogP contribution in [0.1, 0.15) is 18.3 Å². The van der Waals surface area contributed by atoms with Gasteiger partial charge in [-0.1, -0.05) is 24.2 Å². The SMILES string of the molecule is CCNCc1noc(-c2cccc(C)c2Br)n1. The number of hydrogen-bond donors (Lipinski definition) is 1. The number of rotatable bonds is 4. The van der Waals surface area contributed by atoms with Gasteiger partial charge < -0.3 is 9.84 Å². The third-order valence-electron chi connectivity index (χ3n) is 2.42. The van der Waals surface area contributed by atoms with Crippen molar-refractivity contribution in [2.75, 3.05) is 6.54 Å². The van der Waals surface area contributed by atoms with Crippen molar-refractivity contribution >= 4 is 15.9 Å². The Balaban J connectivity index is 2.27. The van der Waals surface area contributed by atoms with Crippen molar-refractivity contribution < 1.29 is 4.52 Å². The van der Waals surface area contributed by atoms with Gasteiger partial charge in [0.05, 0.1) is 12.1 Å². The van der Waals surface area contributed by atoms with Gasteiger partial charge in [-0.25, -0.2) is 0 Å². The third-order valence-corrected chi connectivity index (χ3v) is 3.48. The van der Waals surface area contributed by atoms with Gasteiger partial charge in [0, 0.05) is 4.47 Å². The van der Waals surface area contributed by atoms with Crippen molar-refractivity contribution in [1.82, 2.24) is 15.5 Å². The van der Waals surface area contributed by atoms with E-state index < -0.39 is 0 Å². The topological polar surface area (TPSA) is 51.0 Å². The quantitative estimate of drug-likeness (QED) is 0.942. The Morgan fingerprint density at radius 1 is 1.41 bits per heavy atom. The number of aromatic nitrogens is 2. The molecule has 0 aliphatic rings. The number of halogens is 1. The zero-order valence-corrected chi connectivity index (χ0v) is 11.4. The minimum absolute atomic E-state index is 0.550. The normalized spacial score (nSPS) is 10.8. The molecule has 0 fully saturated rings. The van der Waals surface area contributed by atoms with Crippen molar-refractivity contribution in [3.8, 4) is 11.5 Å². The van der Waals surface area contributed by atoms with Crippen LogP contribution in [0.15, 0.2) is 27.2 Å². The fourth-order valence-electron chi connectivity index (χ4n) is 1.48. The highest BCUT2D eigenvalue weighted by Gasteiger charge is 2.12. The Labute approximate surface area is 109 Å². The Kier molecular flexibility index (Phi) is 3.91. The summed E-state index contributed by atoms with van der Waals surface area (Å²) in [6.45, 7) is 5.59. The van der Waals surface area contributed by atoms with E-state index in [2.05, 4.69) is 31.4 Å². The van der Waals surface area contributed by atoms with Gasteiger partial charge >= 0.3 is 0 Å². The molecule has 0 unspecified atom stereocenters. The summed E-state index contributed by atoms with van der Waals surface area (Å²) < 4.78 is 6.25. The maximum absolute atomic E-state index is 5.25. The average molecular weight is 296 g/mol. The van der Waals surface area contributed by atoms with Crippen LogP contribution in [0.3, 0.4) is 0 Å². The van der Waals surface area contributed by atoms with E-state index in [0.717, 1.165) is 22.1 Å². The largest absolute Gasteiger partial charge is 0.334 e. The van der Waals surface area contributed by atoms with Crippen molar-refractivity contribution in [2.45, 2.75) is 20.4 Å². The minimum Gasteiger partial charge on any atom is -0.334 e. The highest BCUT2D eigenvalue weighted by atomic mass is 79.9. The van der Waals surface area contributed by atoms with Crippen LogP contribution in [0, 0.1) is 6.92 Å². The molecule has 0 aliphatic heterocycles. The van der Waals surface area contributed by atoms with E-state index in [1.54, 1.807) is 0 Å². The molecule has 17 heavy (non-hydrogen) atoms. The molecule has 0 aliphatic carbocycles. The molecular formula is C12H14BrN3O. The number of aryl methyl sites for hydroxylation is 1. The van der Waals surface area contributed by atoms with Crippen molar-refractivity contribution in [1.29, 1.82) is 0 Å². The first-order chi connectivity index (χ1) is 8.22. The highest BCUT2D eigenvalue weighted by Crippen LogP contribution is 2.29. The van der Waals surface area contributed by atoms with Gasteiger partial charge in [0.1, 0.15) is 0 Å². The first-order valence-electron chi connectivity index (χ1n) is 5.51. The molecule has 0 spiro atoms. The Morgan fingerprint density at radius 2 is 2.24 bits per heavy atom. The molecule has 0 bridgehead atoms. The first kappa shape index (κ1) is 12.3. The molecule has 2 aromatic rings. The number of benzene rings is 1. The lowest BCUT2D eigenvalue weighted by molar-refractivity contribution is 0.419. The first-order valence-corrected chi connectivity index (χ1v) is 6.30. The van der Waals surface area contributed by atoms with Crippen molar-refractivity contribution in [2.24, 2.45) is 0 Å². The second kappa shape index (κ2) is 5.42. The van der Waals surface area contributed by atoms with Crippen LogP contribution >= 0.6 is 15.9 Å². The van der Waals surface area contributed by atoms with Crippen LogP contribution in [-0.2, 0) is 6.54 Å². The van der Waals surface area contributed by atoms with E-state index in [1.165, 1.54) is 0 Å². The third kappa shape index (κ3) is 2.73. The van der Waals surface area contributed by atoms with Gasteiger partial charge in [0.15, 0.2) is 5.82 Å². The van der Waals surface area contributed by atoms with E-state index in [0.29, 0.717) is 18.3 Å². The molecule has 0 amide bonds. The van der Waals surface area contributed by atoms with Crippen LogP contribution in [0.4, 0.5) is 0 Å². The van der Waals surface area contributed by atoms with Gasteiger partial charge in [-0.3, -0.25) is 0 Å². The second-order valence-electron chi connectivity index (χ2n) is 3.73. The van der Waals surface area contributed by atoms with Gasteiger partial charge in [-0.15, -0.1) is 0 Å². The van der Waals surface area contributed by atoms with Crippen molar-refractivity contribution in [3.05, 3.63) is 34.1 Å². The van der Waals surface area contributed by atoms with Gasteiger partial charge in [-0.05, 0) is 41.0 Å². The van der Waals surface area contributed by atoms with Crippen LogP contribution in [0.2, 0.25) is 0 Å².